The molecule has 0 spiro atoms. The van der Waals surface area contributed by atoms with Crippen molar-refractivity contribution in [2.24, 2.45) is 0 Å². The Labute approximate surface area is 146 Å². The Morgan fingerprint density at radius 2 is 1.54 bits per heavy atom. The van der Waals surface area contributed by atoms with Crippen LogP contribution in [0.2, 0.25) is 0 Å². The average Bonchev–Trinajstić information content (AvgIpc) is 2.49. The standard InChI is InChI=1S/C16H20F6N2O2/c1-5-23-13(25)24(6-2)12-9(3)7-11(8-10(12)4)14(17,18)15(19,26)16(20,21)22/h7-8,26H,5-6H2,1-4H3,(H,23,25). The molecule has 4 nitrogen and oxygen atoms in total. The van der Waals surface area contributed by atoms with Gasteiger partial charge in [0.1, 0.15) is 0 Å². The van der Waals surface area contributed by atoms with E-state index in [4.69, 9.17) is 5.11 Å². The lowest BCUT2D eigenvalue weighted by Gasteiger charge is -2.32. The number of carbonyl (C=O) groups excluding carboxylic acids is 1. The molecule has 0 aliphatic carbocycles. The van der Waals surface area contributed by atoms with E-state index >= 15 is 0 Å². The highest BCUT2D eigenvalue weighted by molar-refractivity contribution is 5.93. The number of benzene rings is 1. The molecule has 0 fully saturated rings. The van der Waals surface area contributed by atoms with Crippen molar-refractivity contribution < 1.29 is 36.2 Å². The zero-order valence-electron chi connectivity index (χ0n) is 14.6. The van der Waals surface area contributed by atoms with Crippen molar-refractivity contribution in [3.8, 4) is 0 Å². The summed E-state index contributed by atoms with van der Waals surface area (Å²) in [6, 6.07) is 0.735. The largest absolute Gasteiger partial charge is 0.455 e. The zero-order valence-corrected chi connectivity index (χ0v) is 14.6. The number of hydrogen-bond donors (Lipinski definition) is 2. The van der Waals surface area contributed by atoms with Gasteiger partial charge in [0.25, 0.3) is 0 Å². The van der Waals surface area contributed by atoms with E-state index in [0.29, 0.717) is 18.7 Å². The fourth-order valence-electron chi connectivity index (χ4n) is 2.58. The Bertz CT molecular complexity index is 650. The van der Waals surface area contributed by atoms with Crippen LogP contribution in [0, 0.1) is 13.8 Å². The third-order valence-corrected chi connectivity index (χ3v) is 3.80. The third-order valence-electron chi connectivity index (χ3n) is 3.80. The molecule has 148 valence electrons. The van der Waals surface area contributed by atoms with E-state index in [1.807, 2.05) is 0 Å². The van der Waals surface area contributed by atoms with E-state index in [9.17, 15) is 31.1 Å². The zero-order chi connectivity index (χ0) is 20.5. The molecule has 10 heteroatoms. The van der Waals surface area contributed by atoms with Crippen molar-refractivity contribution in [1.29, 1.82) is 0 Å². The normalized spacial score (nSPS) is 14.7. The summed E-state index contributed by atoms with van der Waals surface area (Å²) < 4.78 is 79.1. The number of amides is 2. The van der Waals surface area contributed by atoms with Crippen molar-refractivity contribution in [1.82, 2.24) is 5.32 Å². The van der Waals surface area contributed by atoms with Gasteiger partial charge in [-0.15, -0.1) is 0 Å². The van der Waals surface area contributed by atoms with Crippen LogP contribution in [0.15, 0.2) is 12.1 Å². The number of nitrogens with zero attached hydrogens (tertiary/aromatic N) is 1. The predicted molar refractivity (Wildman–Crippen MR) is 84.0 cm³/mol. The molecule has 26 heavy (non-hydrogen) atoms. The molecule has 0 aliphatic heterocycles. The number of rotatable bonds is 5. The van der Waals surface area contributed by atoms with Crippen LogP contribution in [0.4, 0.5) is 36.8 Å². The van der Waals surface area contributed by atoms with Gasteiger partial charge in [0, 0.05) is 18.7 Å². The lowest BCUT2D eigenvalue weighted by atomic mass is 9.95. The molecule has 0 radical (unpaired) electrons. The molecule has 0 aromatic heterocycles. The molecule has 0 saturated carbocycles. The number of halogens is 6. The van der Waals surface area contributed by atoms with E-state index in [1.165, 1.54) is 18.7 Å². The molecule has 1 unspecified atom stereocenters. The van der Waals surface area contributed by atoms with Gasteiger partial charge in [-0.05, 0) is 51.0 Å². The Kier molecular flexibility index (Phi) is 6.23. The van der Waals surface area contributed by atoms with Gasteiger partial charge in [0.05, 0.1) is 5.69 Å². The van der Waals surface area contributed by atoms with Gasteiger partial charge in [0.2, 0.25) is 0 Å². The van der Waals surface area contributed by atoms with Crippen LogP contribution >= 0.6 is 0 Å². The maximum Gasteiger partial charge on any atom is 0.455 e. The van der Waals surface area contributed by atoms with Gasteiger partial charge in [-0.3, -0.25) is 4.90 Å². The van der Waals surface area contributed by atoms with Gasteiger partial charge in [-0.25, -0.2) is 4.79 Å². The first-order valence-electron chi connectivity index (χ1n) is 7.75. The molecular weight excluding hydrogens is 366 g/mol. The number of aliphatic hydroxyl groups is 1. The number of alkyl halides is 6. The smallest absolute Gasteiger partial charge is 0.350 e. The minimum absolute atomic E-state index is 0.0331. The first-order valence-corrected chi connectivity index (χ1v) is 7.75. The first kappa shape index (κ1) is 22.1. The van der Waals surface area contributed by atoms with E-state index in [-0.39, 0.29) is 23.4 Å². The van der Waals surface area contributed by atoms with Crippen molar-refractivity contribution in [2.45, 2.75) is 45.6 Å². The van der Waals surface area contributed by atoms with Crippen molar-refractivity contribution in [3.63, 3.8) is 0 Å². The highest BCUT2D eigenvalue weighted by Crippen LogP contribution is 2.49. The molecule has 2 amide bonds. The second kappa shape index (κ2) is 7.34. The summed E-state index contributed by atoms with van der Waals surface area (Å²) in [6.07, 6.45) is -6.19. The number of aryl methyl sites for hydroxylation is 2. The van der Waals surface area contributed by atoms with Crippen molar-refractivity contribution in [3.05, 3.63) is 28.8 Å². The second-order valence-corrected chi connectivity index (χ2v) is 5.73. The van der Waals surface area contributed by atoms with Gasteiger partial charge in [0.15, 0.2) is 0 Å². The summed E-state index contributed by atoms with van der Waals surface area (Å²) >= 11 is 0. The van der Waals surface area contributed by atoms with E-state index in [0.717, 1.165) is 0 Å². The number of carbonyl (C=O) groups is 1. The number of urea groups is 1. The third kappa shape index (κ3) is 3.74. The van der Waals surface area contributed by atoms with Crippen molar-refractivity contribution in [2.75, 3.05) is 18.0 Å². The average molecular weight is 386 g/mol. The summed E-state index contributed by atoms with van der Waals surface area (Å²) in [5.41, 5.74) is -1.06. The SMILES string of the molecule is CCNC(=O)N(CC)c1c(C)cc(C(F)(F)C(O)(F)C(F)(F)F)cc1C. The Morgan fingerprint density at radius 1 is 1.08 bits per heavy atom. The van der Waals surface area contributed by atoms with Crippen LogP contribution in [0.3, 0.4) is 0 Å². The second-order valence-electron chi connectivity index (χ2n) is 5.73. The molecule has 0 bridgehead atoms. The van der Waals surface area contributed by atoms with Gasteiger partial charge >= 0.3 is 24.0 Å². The lowest BCUT2D eigenvalue weighted by molar-refractivity contribution is -0.390. The Balaban J connectivity index is 3.48. The van der Waals surface area contributed by atoms with Crippen LogP contribution < -0.4 is 10.2 Å². The van der Waals surface area contributed by atoms with Crippen molar-refractivity contribution >= 4 is 11.7 Å². The minimum atomic E-state index is -6.19. The van der Waals surface area contributed by atoms with E-state index in [1.54, 1.807) is 13.8 Å². The van der Waals surface area contributed by atoms with Gasteiger partial charge in [-0.1, -0.05) is 0 Å². The number of hydrogen-bond acceptors (Lipinski definition) is 2. The quantitative estimate of drug-likeness (QED) is 0.747. The molecule has 1 aromatic carbocycles. The summed E-state index contributed by atoms with van der Waals surface area (Å²) in [5.74, 6) is -11.0. The van der Waals surface area contributed by atoms with Crippen LogP contribution in [0.5, 0.6) is 0 Å². The summed E-state index contributed by atoms with van der Waals surface area (Å²) in [6.45, 7) is 6.38. The summed E-state index contributed by atoms with van der Waals surface area (Å²) in [5, 5.41) is 11.3. The Morgan fingerprint density at radius 3 is 1.88 bits per heavy atom. The summed E-state index contributed by atoms with van der Waals surface area (Å²) in [7, 11) is 0. The molecule has 0 heterocycles. The molecule has 1 aromatic rings. The molecule has 2 N–H and O–H groups in total. The Hall–Kier alpha value is -1.97. The monoisotopic (exact) mass is 386 g/mol. The van der Waals surface area contributed by atoms with E-state index < -0.39 is 29.5 Å². The van der Waals surface area contributed by atoms with Gasteiger partial charge < -0.3 is 10.4 Å². The maximum atomic E-state index is 14.0. The topological polar surface area (TPSA) is 52.6 Å². The lowest BCUT2D eigenvalue weighted by Crippen LogP contribution is -2.53. The fraction of sp³-hybridized carbons (Fsp3) is 0.562. The molecule has 0 aliphatic rings. The molecule has 1 atom stereocenters. The van der Waals surface area contributed by atoms with Gasteiger partial charge in [-0.2, -0.15) is 26.3 Å². The number of nitrogens with one attached hydrogen (secondary N) is 1. The fourth-order valence-corrected chi connectivity index (χ4v) is 2.58. The first-order chi connectivity index (χ1) is 11.7. The summed E-state index contributed by atoms with van der Waals surface area (Å²) in [4.78, 5) is 13.3. The maximum absolute atomic E-state index is 14.0. The number of anilines is 1. The molecule has 0 saturated heterocycles. The molecular formula is C16H20F6N2O2. The highest BCUT2D eigenvalue weighted by atomic mass is 19.4. The van der Waals surface area contributed by atoms with Crippen LogP contribution in [0.1, 0.15) is 30.5 Å². The molecule has 1 rings (SSSR count). The predicted octanol–water partition coefficient (Wildman–Crippen LogP) is 4.17. The van der Waals surface area contributed by atoms with Crippen LogP contribution in [-0.2, 0) is 5.92 Å². The van der Waals surface area contributed by atoms with Crippen LogP contribution in [0.25, 0.3) is 0 Å². The van der Waals surface area contributed by atoms with E-state index in [2.05, 4.69) is 5.32 Å². The highest BCUT2D eigenvalue weighted by Gasteiger charge is 2.71. The van der Waals surface area contributed by atoms with Crippen LogP contribution in [-0.4, -0.2) is 36.3 Å². The minimum Gasteiger partial charge on any atom is -0.350 e.